The van der Waals surface area contributed by atoms with Crippen molar-refractivity contribution in [1.82, 2.24) is 15.3 Å². The molecular weight excluding hydrogens is 238 g/mol. The molecule has 0 aliphatic carbocycles. The number of aromatic nitrogens is 2. The van der Waals surface area contributed by atoms with Crippen molar-refractivity contribution in [2.75, 3.05) is 6.61 Å². The van der Waals surface area contributed by atoms with Crippen LogP contribution in [0.5, 0.6) is 0 Å². The van der Waals surface area contributed by atoms with Gasteiger partial charge in [-0.05, 0) is 13.8 Å². The highest BCUT2D eigenvalue weighted by atomic mass is 16.5. The third kappa shape index (κ3) is 4.96. The van der Waals surface area contributed by atoms with Crippen molar-refractivity contribution < 1.29 is 19.4 Å². The first-order valence-corrected chi connectivity index (χ1v) is 5.60. The maximum Gasteiger partial charge on any atom is 0.326 e. The van der Waals surface area contributed by atoms with E-state index in [0.717, 1.165) is 0 Å². The van der Waals surface area contributed by atoms with Crippen LogP contribution in [0.25, 0.3) is 0 Å². The van der Waals surface area contributed by atoms with E-state index in [-0.39, 0.29) is 19.1 Å². The Labute approximate surface area is 105 Å². The number of nitrogens with one attached hydrogen (secondary N) is 2. The highest BCUT2D eigenvalue weighted by molar-refractivity contribution is 5.84. The number of nitrogens with zero attached hydrogens (tertiary/aromatic N) is 1. The maximum absolute atomic E-state index is 11.5. The summed E-state index contributed by atoms with van der Waals surface area (Å²) >= 11 is 0. The molecule has 0 aliphatic rings. The Hall–Kier alpha value is -1.89. The van der Waals surface area contributed by atoms with E-state index in [0.29, 0.717) is 5.69 Å². The molecule has 0 fully saturated rings. The fourth-order valence-electron chi connectivity index (χ4n) is 1.29. The van der Waals surface area contributed by atoms with E-state index in [9.17, 15) is 9.59 Å². The van der Waals surface area contributed by atoms with Crippen molar-refractivity contribution in [3.05, 3.63) is 18.2 Å². The predicted octanol–water partition coefficient (Wildman–Crippen LogP) is -0.0534. The number of imidazole rings is 1. The van der Waals surface area contributed by atoms with E-state index in [2.05, 4.69) is 15.3 Å². The van der Waals surface area contributed by atoms with Gasteiger partial charge in [0.05, 0.1) is 12.4 Å². The molecule has 0 saturated heterocycles. The molecule has 7 nitrogen and oxygen atoms in total. The molecule has 3 N–H and O–H groups in total. The first kappa shape index (κ1) is 14.2. The normalized spacial score (nSPS) is 12.4. The molecule has 0 spiro atoms. The molecule has 0 aromatic carbocycles. The summed E-state index contributed by atoms with van der Waals surface area (Å²) in [5.74, 6) is -1.54. The van der Waals surface area contributed by atoms with Gasteiger partial charge in [0.2, 0.25) is 5.91 Å². The second-order valence-corrected chi connectivity index (χ2v) is 4.10. The Morgan fingerprint density at radius 3 is 2.78 bits per heavy atom. The monoisotopic (exact) mass is 255 g/mol. The molecule has 0 unspecified atom stereocenters. The highest BCUT2D eigenvalue weighted by Crippen LogP contribution is 1.99. The van der Waals surface area contributed by atoms with Gasteiger partial charge in [0, 0.05) is 18.3 Å². The average Bonchev–Trinajstić information content (AvgIpc) is 2.78. The van der Waals surface area contributed by atoms with Gasteiger partial charge in [0.1, 0.15) is 12.6 Å². The largest absolute Gasteiger partial charge is 0.480 e. The van der Waals surface area contributed by atoms with Crippen LogP contribution in [0.3, 0.4) is 0 Å². The lowest BCUT2D eigenvalue weighted by Crippen LogP contribution is -2.44. The van der Waals surface area contributed by atoms with E-state index in [1.165, 1.54) is 12.5 Å². The number of hydrogen-bond donors (Lipinski definition) is 3. The van der Waals surface area contributed by atoms with Gasteiger partial charge in [-0.15, -0.1) is 0 Å². The third-order valence-corrected chi connectivity index (χ3v) is 2.16. The highest BCUT2D eigenvalue weighted by Gasteiger charge is 2.21. The number of carboxylic acid groups (broad SMARTS) is 1. The molecule has 0 aliphatic heterocycles. The molecule has 18 heavy (non-hydrogen) atoms. The van der Waals surface area contributed by atoms with Crippen LogP contribution in [0.4, 0.5) is 0 Å². The van der Waals surface area contributed by atoms with Crippen LogP contribution in [0.1, 0.15) is 19.5 Å². The van der Waals surface area contributed by atoms with E-state index >= 15 is 0 Å². The summed E-state index contributed by atoms with van der Waals surface area (Å²) in [5.41, 5.74) is 0.646. The van der Waals surface area contributed by atoms with Crippen LogP contribution in [0.2, 0.25) is 0 Å². The van der Waals surface area contributed by atoms with Crippen molar-refractivity contribution in [1.29, 1.82) is 0 Å². The van der Waals surface area contributed by atoms with Crippen molar-refractivity contribution in [2.24, 2.45) is 0 Å². The number of carboxylic acids is 1. The van der Waals surface area contributed by atoms with Gasteiger partial charge in [-0.3, -0.25) is 4.79 Å². The standard InChI is InChI=1S/C11H17N3O4/c1-7(2)18-5-10(15)14-9(11(16)17)3-8-4-12-6-13-8/h4,6-7,9H,3,5H2,1-2H3,(H,12,13)(H,14,15)(H,16,17)/t9-/m0/s1. The maximum atomic E-state index is 11.5. The predicted molar refractivity (Wildman–Crippen MR) is 62.9 cm³/mol. The Balaban J connectivity index is 2.48. The summed E-state index contributed by atoms with van der Waals surface area (Å²) < 4.78 is 5.09. The second-order valence-electron chi connectivity index (χ2n) is 4.10. The summed E-state index contributed by atoms with van der Waals surface area (Å²) in [7, 11) is 0. The van der Waals surface area contributed by atoms with Crippen LogP contribution >= 0.6 is 0 Å². The first-order valence-electron chi connectivity index (χ1n) is 5.60. The summed E-state index contributed by atoms with van der Waals surface area (Å²) in [6, 6.07) is -0.992. The molecule has 0 radical (unpaired) electrons. The Morgan fingerprint density at radius 1 is 1.56 bits per heavy atom. The number of aliphatic carboxylic acids is 1. The van der Waals surface area contributed by atoms with Gasteiger partial charge < -0.3 is 20.1 Å². The quantitative estimate of drug-likeness (QED) is 0.633. The average molecular weight is 255 g/mol. The summed E-state index contributed by atoms with van der Waals surface area (Å²) in [4.78, 5) is 29.1. The van der Waals surface area contributed by atoms with Gasteiger partial charge in [-0.1, -0.05) is 0 Å². The Bertz CT molecular complexity index is 389. The van der Waals surface area contributed by atoms with Crippen molar-refractivity contribution in [3.63, 3.8) is 0 Å². The van der Waals surface area contributed by atoms with E-state index < -0.39 is 17.9 Å². The molecule has 1 atom stereocenters. The zero-order valence-electron chi connectivity index (χ0n) is 10.3. The lowest BCUT2D eigenvalue weighted by molar-refractivity contribution is -0.142. The van der Waals surface area contributed by atoms with Crippen LogP contribution in [-0.2, 0) is 20.7 Å². The molecule has 7 heteroatoms. The number of H-pyrrole nitrogens is 1. The lowest BCUT2D eigenvalue weighted by Gasteiger charge is -2.14. The van der Waals surface area contributed by atoms with Gasteiger partial charge in [0.15, 0.2) is 0 Å². The number of amides is 1. The minimum absolute atomic E-state index is 0.0772. The molecule has 0 bridgehead atoms. The first-order chi connectivity index (χ1) is 8.49. The van der Waals surface area contributed by atoms with Gasteiger partial charge in [0.25, 0.3) is 0 Å². The number of carbonyl (C=O) groups is 2. The number of hydrogen-bond acceptors (Lipinski definition) is 4. The van der Waals surface area contributed by atoms with E-state index in [1.54, 1.807) is 13.8 Å². The minimum atomic E-state index is -1.09. The van der Waals surface area contributed by atoms with Crippen LogP contribution in [0.15, 0.2) is 12.5 Å². The molecule has 1 heterocycles. The summed E-state index contributed by atoms with van der Waals surface area (Å²) in [5, 5.41) is 11.4. The van der Waals surface area contributed by atoms with Gasteiger partial charge in [-0.25, -0.2) is 9.78 Å². The van der Waals surface area contributed by atoms with Gasteiger partial charge in [-0.2, -0.15) is 0 Å². The lowest BCUT2D eigenvalue weighted by atomic mass is 10.1. The topological polar surface area (TPSA) is 104 Å². The molecule has 1 aromatic heterocycles. The van der Waals surface area contributed by atoms with Crippen molar-refractivity contribution >= 4 is 11.9 Å². The minimum Gasteiger partial charge on any atom is -0.480 e. The van der Waals surface area contributed by atoms with Crippen LogP contribution in [0, 0.1) is 0 Å². The smallest absolute Gasteiger partial charge is 0.326 e. The number of carbonyl (C=O) groups excluding carboxylic acids is 1. The molecule has 1 amide bonds. The zero-order valence-corrected chi connectivity index (χ0v) is 10.3. The Morgan fingerprint density at radius 2 is 2.28 bits per heavy atom. The van der Waals surface area contributed by atoms with E-state index in [4.69, 9.17) is 9.84 Å². The second kappa shape index (κ2) is 6.75. The van der Waals surface area contributed by atoms with E-state index in [1.807, 2.05) is 0 Å². The summed E-state index contributed by atoms with van der Waals surface area (Å²) in [6.45, 7) is 3.45. The zero-order chi connectivity index (χ0) is 13.5. The number of aromatic amines is 1. The Kier molecular flexibility index (Phi) is 5.31. The SMILES string of the molecule is CC(C)OCC(=O)N[C@@H](Cc1cnc[nH]1)C(=O)O. The van der Waals surface area contributed by atoms with Crippen molar-refractivity contribution in [3.8, 4) is 0 Å². The molecule has 100 valence electrons. The number of rotatable bonds is 7. The molecular formula is C11H17N3O4. The van der Waals surface area contributed by atoms with Crippen LogP contribution < -0.4 is 5.32 Å². The fraction of sp³-hybridized carbons (Fsp3) is 0.545. The fourth-order valence-corrected chi connectivity index (χ4v) is 1.29. The molecule has 1 rings (SSSR count). The third-order valence-electron chi connectivity index (χ3n) is 2.16. The summed E-state index contributed by atoms with van der Waals surface area (Å²) in [6.07, 6.45) is 3.06. The van der Waals surface area contributed by atoms with Crippen molar-refractivity contribution in [2.45, 2.75) is 32.4 Å². The number of ether oxygens (including phenoxy) is 1. The molecule has 0 saturated carbocycles. The molecule has 1 aromatic rings. The van der Waals surface area contributed by atoms with Crippen LogP contribution in [-0.4, -0.2) is 45.7 Å². The van der Waals surface area contributed by atoms with Gasteiger partial charge >= 0.3 is 5.97 Å².